The lowest BCUT2D eigenvalue weighted by Gasteiger charge is -2.22. The Kier molecular flexibility index (Phi) is 5.56. The number of nitrogens with one attached hydrogen (secondary N) is 1. The molecule has 0 atom stereocenters. The van der Waals surface area contributed by atoms with E-state index in [0.29, 0.717) is 24.9 Å². The second-order valence-electron chi connectivity index (χ2n) is 6.50. The molecule has 26 heavy (non-hydrogen) atoms. The van der Waals surface area contributed by atoms with Gasteiger partial charge in [0.25, 0.3) is 5.91 Å². The predicted molar refractivity (Wildman–Crippen MR) is 99.9 cm³/mol. The van der Waals surface area contributed by atoms with Crippen LogP contribution in [-0.2, 0) is 9.84 Å². The van der Waals surface area contributed by atoms with Crippen LogP contribution in [0.2, 0.25) is 0 Å². The molecule has 0 saturated carbocycles. The summed E-state index contributed by atoms with van der Waals surface area (Å²) >= 11 is 0. The Balaban J connectivity index is 1.63. The molecule has 0 spiro atoms. The summed E-state index contributed by atoms with van der Waals surface area (Å²) in [7, 11) is -1.27. The van der Waals surface area contributed by atoms with E-state index in [4.69, 9.17) is 4.74 Å². The molecule has 1 aliphatic rings. The monoisotopic (exact) mass is 374 g/mol. The summed E-state index contributed by atoms with van der Waals surface area (Å²) in [5.41, 5.74) is 2.29. The van der Waals surface area contributed by atoms with E-state index in [1.807, 2.05) is 24.3 Å². The molecular formula is C19H22N2O4S. The van der Waals surface area contributed by atoms with Crippen LogP contribution in [0.4, 0.5) is 0 Å². The van der Waals surface area contributed by atoms with Gasteiger partial charge in [-0.05, 0) is 42.5 Å². The van der Waals surface area contributed by atoms with Gasteiger partial charge < -0.3 is 10.1 Å². The first kappa shape index (κ1) is 18.4. The van der Waals surface area contributed by atoms with Gasteiger partial charge in [-0.3, -0.25) is 9.78 Å². The summed E-state index contributed by atoms with van der Waals surface area (Å²) in [4.78, 5) is 16.6. The fourth-order valence-electron chi connectivity index (χ4n) is 2.99. The van der Waals surface area contributed by atoms with E-state index >= 15 is 0 Å². The second-order valence-corrected chi connectivity index (χ2v) is 8.80. The van der Waals surface area contributed by atoms with E-state index in [2.05, 4.69) is 10.3 Å². The Morgan fingerprint density at radius 3 is 2.50 bits per heavy atom. The van der Waals surface area contributed by atoms with Gasteiger partial charge in [-0.15, -0.1) is 0 Å². The number of hydrogen-bond donors (Lipinski definition) is 1. The van der Waals surface area contributed by atoms with Crippen LogP contribution in [-0.4, -0.2) is 44.5 Å². The third-order valence-electron chi connectivity index (χ3n) is 4.65. The maximum Gasteiger partial charge on any atom is 0.252 e. The molecule has 1 aliphatic heterocycles. The molecule has 1 fully saturated rings. The number of pyridine rings is 1. The minimum atomic E-state index is -2.88. The summed E-state index contributed by atoms with van der Waals surface area (Å²) in [6.07, 6.45) is 4.46. The van der Waals surface area contributed by atoms with Crippen molar-refractivity contribution in [1.82, 2.24) is 10.3 Å². The second kappa shape index (κ2) is 7.86. The number of nitrogens with zero attached hydrogens (tertiary/aromatic N) is 1. The van der Waals surface area contributed by atoms with Gasteiger partial charge in [0.2, 0.25) is 0 Å². The molecule has 0 bridgehead atoms. The highest BCUT2D eigenvalue weighted by molar-refractivity contribution is 7.91. The van der Waals surface area contributed by atoms with Crippen molar-refractivity contribution in [3.63, 3.8) is 0 Å². The highest BCUT2D eigenvalue weighted by Crippen LogP contribution is 2.22. The van der Waals surface area contributed by atoms with Crippen molar-refractivity contribution >= 4 is 15.7 Å². The molecule has 0 aliphatic carbocycles. The lowest BCUT2D eigenvalue weighted by molar-refractivity contribution is 0.0946. The van der Waals surface area contributed by atoms with Crippen molar-refractivity contribution in [3.05, 3.63) is 48.3 Å². The normalized spacial score (nSPS) is 16.8. The van der Waals surface area contributed by atoms with Crippen LogP contribution in [0, 0.1) is 5.92 Å². The third kappa shape index (κ3) is 4.60. The fraction of sp³-hybridized carbons (Fsp3) is 0.368. The van der Waals surface area contributed by atoms with E-state index in [-0.39, 0.29) is 23.3 Å². The number of benzene rings is 1. The molecule has 1 saturated heterocycles. The quantitative estimate of drug-likeness (QED) is 0.868. The summed E-state index contributed by atoms with van der Waals surface area (Å²) in [5.74, 6) is 1.20. The van der Waals surface area contributed by atoms with Crippen LogP contribution < -0.4 is 10.1 Å². The number of hydrogen-bond acceptors (Lipinski definition) is 5. The topological polar surface area (TPSA) is 85.4 Å². The van der Waals surface area contributed by atoms with Gasteiger partial charge in [0.05, 0.1) is 24.2 Å². The zero-order valence-corrected chi connectivity index (χ0v) is 15.5. The van der Waals surface area contributed by atoms with Gasteiger partial charge in [0.15, 0.2) is 0 Å². The Hall–Kier alpha value is -2.41. The van der Waals surface area contributed by atoms with Crippen LogP contribution in [0.1, 0.15) is 23.2 Å². The number of methoxy groups -OCH3 is 1. The predicted octanol–water partition coefficient (Wildman–Crippen LogP) is 2.31. The smallest absolute Gasteiger partial charge is 0.252 e. The standard InChI is InChI=1S/C19H22N2O4S/c1-25-18-4-2-15(3-5-18)16-10-17(13-20-12-16)19(22)21-11-14-6-8-26(23,24)9-7-14/h2-5,10,12-14H,6-9,11H2,1H3,(H,21,22). The molecule has 1 aromatic heterocycles. The Bertz CT molecular complexity index is 865. The fourth-order valence-corrected chi connectivity index (χ4v) is 4.58. The van der Waals surface area contributed by atoms with Crippen LogP contribution in [0.3, 0.4) is 0 Å². The molecule has 1 amide bonds. The number of rotatable bonds is 5. The molecule has 0 radical (unpaired) electrons. The number of aromatic nitrogens is 1. The minimum absolute atomic E-state index is 0.193. The lowest BCUT2D eigenvalue weighted by Crippen LogP contribution is -2.34. The molecule has 0 unspecified atom stereocenters. The van der Waals surface area contributed by atoms with Gasteiger partial charge in [-0.2, -0.15) is 0 Å². The zero-order chi connectivity index (χ0) is 18.6. The van der Waals surface area contributed by atoms with Crippen molar-refractivity contribution < 1.29 is 17.9 Å². The van der Waals surface area contributed by atoms with Crippen molar-refractivity contribution in [2.75, 3.05) is 25.2 Å². The molecule has 138 valence electrons. The van der Waals surface area contributed by atoms with E-state index in [1.54, 1.807) is 19.4 Å². The Morgan fingerprint density at radius 1 is 1.15 bits per heavy atom. The first-order valence-electron chi connectivity index (χ1n) is 8.55. The van der Waals surface area contributed by atoms with E-state index in [1.165, 1.54) is 6.20 Å². The van der Waals surface area contributed by atoms with Gasteiger partial charge in [-0.1, -0.05) is 12.1 Å². The summed E-state index contributed by atoms with van der Waals surface area (Å²) in [5, 5.41) is 2.90. The molecule has 1 N–H and O–H groups in total. The van der Waals surface area contributed by atoms with Crippen LogP contribution in [0.25, 0.3) is 11.1 Å². The number of amides is 1. The molecule has 2 aromatic rings. The molecule has 1 aromatic carbocycles. The molecular weight excluding hydrogens is 352 g/mol. The van der Waals surface area contributed by atoms with Gasteiger partial charge in [-0.25, -0.2) is 8.42 Å². The summed E-state index contributed by atoms with van der Waals surface area (Å²) in [6, 6.07) is 9.36. The number of carbonyl (C=O) groups excluding carboxylic acids is 1. The zero-order valence-electron chi connectivity index (χ0n) is 14.6. The van der Waals surface area contributed by atoms with Gasteiger partial charge >= 0.3 is 0 Å². The van der Waals surface area contributed by atoms with Crippen molar-refractivity contribution in [2.45, 2.75) is 12.8 Å². The SMILES string of the molecule is COc1ccc(-c2cncc(C(=O)NCC3CCS(=O)(=O)CC3)c2)cc1. The largest absolute Gasteiger partial charge is 0.497 e. The van der Waals surface area contributed by atoms with Crippen LogP contribution in [0.15, 0.2) is 42.7 Å². The van der Waals surface area contributed by atoms with Crippen LogP contribution in [0.5, 0.6) is 5.75 Å². The number of sulfone groups is 1. The Labute approximate surface area is 153 Å². The average molecular weight is 374 g/mol. The maximum absolute atomic E-state index is 12.4. The number of carbonyl (C=O) groups is 1. The van der Waals surface area contributed by atoms with E-state index in [9.17, 15) is 13.2 Å². The molecule has 7 heteroatoms. The highest BCUT2D eigenvalue weighted by atomic mass is 32.2. The third-order valence-corrected chi connectivity index (χ3v) is 6.36. The molecule has 2 heterocycles. The van der Waals surface area contributed by atoms with Crippen molar-refractivity contribution in [2.24, 2.45) is 5.92 Å². The first-order chi connectivity index (χ1) is 12.5. The maximum atomic E-state index is 12.4. The van der Waals surface area contributed by atoms with Gasteiger partial charge in [0, 0.05) is 24.5 Å². The van der Waals surface area contributed by atoms with Crippen molar-refractivity contribution in [3.8, 4) is 16.9 Å². The summed E-state index contributed by atoms with van der Waals surface area (Å²) in [6.45, 7) is 0.487. The highest BCUT2D eigenvalue weighted by Gasteiger charge is 2.23. The molecule has 3 rings (SSSR count). The molecule has 6 nitrogen and oxygen atoms in total. The average Bonchev–Trinajstić information content (AvgIpc) is 2.67. The van der Waals surface area contributed by atoms with Gasteiger partial charge in [0.1, 0.15) is 15.6 Å². The van der Waals surface area contributed by atoms with Crippen molar-refractivity contribution in [1.29, 1.82) is 0 Å². The summed E-state index contributed by atoms with van der Waals surface area (Å²) < 4.78 is 28.1. The Morgan fingerprint density at radius 2 is 1.85 bits per heavy atom. The number of ether oxygens (including phenoxy) is 1. The minimum Gasteiger partial charge on any atom is -0.497 e. The van der Waals surface area contributed by atoms with E-state index < -0.39 is 9.84 Å². The first-order valence-corrected chi connectivity index (χ1v) is 10.4. The lowest BCUT2D eigenvalue weighted by atomic mass is 10.0. The van der Waals surface area contributed by atoms with E-state index in [0.717, 1.165) is 16.9 Å². The van der Waals surface area contributed by atoms with Crippen LogP contribution >= 0.6 is 0 Å².